The van der Waals surface area contributed by atoms with E-state index in [1.807, 2.05) is 117 Å². The molecule has 0 spiro atoms. The summed E-state index contributed by atoms with van der Waals surface area (Å²) in [5.74, 6) is 0.296. The molecule has 37 heavy (non-hydrogen) atoms. The third-order valence-corrected chi connectivity index (χ3v) is 6.60. The molecule has 0 aromatic heterocycles. The van der Waals surface area contributed by atoms with E-state index in [0.717, 1.165) is 33.3 Å². The van der Waals surface area contributed by atoms with Gasteiger partial charge in [-0.1, -0.05) is 67.2 Å². The first-order valence-corrected chi connectivity index (χ1v) is 13.2. The van der Waals surface area contributed by atoms with Gasteiger partial charge in [0.15, 0.2) is 0 Å². The summed E-state index contributed by atoms with van der Waals surface area (Å²) in [6.07, 6.45) is 1.14. The van der Waals surface area contributed by atoms with Crippen LogP contribution in [0, 0.1) is 0 Å². The quantitative estimate of drug-likeness (QED) is 0.168. The van der Waals surface area contributed by atoms with E-state index in [1.54, 1.807) is 27.6 Å². The van der Waals surface area contributed by atoms with Crippen molar-refractivity contribution in [2.24, 2.45) is 0 Å². The van der Waals surface area contributed by atoms with Crippen molar-refractivity contribution in [1.29, 1.82) is 0 Å². The minimum Gasteiger partial charge on any atom is -0.426 e. The highest BCUT2D eigenvalue weighted by molar-refractivity contribution is 7.99. The lowest BCUT2D eigenvalue weighted by Crippen LogP contribution is -2.41. The second-order valence-corrected chi connectivity index (χ2v) is 9.48. The Labute approximate surface area is 222 Å². The molecule has 4 rings (SSSR count). The van der Waals surface area contributed by atoms with Gasteiger partial charge in [-0.2, -0.15) is 0 Å². The van der Waals surface area contributed by atoms with Gasteiger partial charge in [0.05, 0.1) is 11.4 Å². The fourth-order valence-electron chi connectivity index (χ4n) is 3.91. The summed E-state index contributed by atoms with van der Waals surface area (Å²) in [7, 11) is 0. The largest absolute Gasteiger partial charge is 0.426 e. The zero-order valence-electron chi connectivity index (χ0n) is 21.0. The van der Waals surface area contributed by atoms with Gasteiger partial charge in [0.25, 0.3) is 0 Å². The van der Waals surface area contributed by atoms with Crippen LogP contribution in [0.1, 0.15) is 26.7 Å². The third kappa shape index (κ3) is 6.80. The van der Waals surface area contributed by atoms with Gasteiger partial charge in [-0.15, -0.1) is 0 Å². The smallest absolute Gasteiger partial charge is 0.333 e. The minimum absolute atomic E-state index is 0.133. The van der Waals surface area contributed by atoms with E-state index in [1.165, 1.54) is 0 Å². The normalized spacial score (nSPS) is 10.5. The van der Waals surface area contributed by atoms with E-state index >= 15 is 0 Å². The molecule has 4 aromatic carbocycles. The molecular formula is C31H30N2O3S. The molecule has 0 N–H and O–H groups in total. The summed E-state index contributed by atoms with van der Waals surface area (Å²) in [5, 5.41) is 0. The Morgan fingerprint density at radius 3 is 1.95 bits per heavy atom. The number of esters is 1. The van der Waals surface area contributed by atoms with Crippen molar-refractivity contribution < 1.29 is 14.3 Å². The molecule has 188 valence electrons. The number of hydrogen-bond acceptors (Lipinski definition) is 4. The Balaban J connectivity index is 1.64. The zero-order chi connectivity index (χ0) is 26.0. The minimum atomic E-state index is -0.234. The number of carbonyl (C=O) groups is 2. The molecule has 0 unspecified atom stereocenters. The molecule has 0 radical (unpaired) electrons. The van der Waals surface area contributed by atoms with Crippen LogP contribution in [0.15, 0.2) is 119 Å². The number of amides is 2. The Kier molecular flexibility index (Phi) is 9.00. The maximum Gasteiger partial charge on any atom is 0.333 e. The number of rotatable bonds is 9. The molecule has 0 fully saturated rings. The fourth-order valence-corrected chi connectivity index (χ4v) is 4.83. The second kappa shape index (κ2) is 12.8. The van der Waals surface area contributed by atoms with Gasteiger partial charge in [0.2, 0.25) is 0 Å². The van der Waals surface area contributed by atoms with Crippen LogP contribution in [-0.2, 0) is 4.79 Å². The van der Waals surface area contributed by atoms with Gasteiger partial charge in [-0.3, -0.25) is 14.6 Å². The number of carbonyl (C=O) groups excluding carboxylic acids is 2. The first-order chi connectivity index (χ1) is 18.1. The molecule has 2 amide bonds. The number of para-hydroxylation sites is 2. The highest BCUT2D eigenvalue weighted by Gasteiger charge is 2.24. The van der Waals surface area contributed by atoms with Crippen molar-refractivity contribution in [1.82, 2.24) is 0 Å². The first-order valence-electron chi connectivity index (χ1n) is 12.4. The Morgan fingerprint density at radius 2 is 1.30 bits per heavy atom. The first kappa shape index (κ1) is 26.0. The van der Waals surface area contributed by atoms with Crippen molar-refractivity contribution in [2.45, 2.75) is 36.5 Å². The Hall–Kier alpha value is -4.03. The maximum atomic E-state index is 13.9. The molecule has 0 aliphatic carbocycles. The molecule has 0 aliphatic rings. The van der Waals surface area contributed by atoms with Crippen molar-refractivity contribution in [2.75, 3.05) is 16.3 Å². The second-order valence-electron chi connectivity index (χ2n) is 8.33. The summed E-state index contributed by atoms with van der Waals surface area (Å²) in [5.41, 5.74) is 2.39. The molecule has 6 heteroatoms. The number of anilines is 3. The average Bonchev–Trinajstić information content (AvgIpc) is 2.91. The molecular weight excluding hydrogens is 480 g/mol. The van der Waals surface area contributed by atoms with E-state index in [4.69, 9.17) is 4.74 Å². The summed E-state index contributed by atoms with van der Waals surface area (Å²) < 4.78 is 5.45. The predicted octanol–water partition coefficient (Wildman–Crippen LogP) is 8.33. The van der Waals surface area contributed by atoms with E-state index in [-0.39, 0.29) is 12.0 Å². The Bertz CT molecular complexity index is 1330. The molecule has 0 atom stereocenters. The highest BCUT2D eigenvalue weighted by Crippen LogP contribution is 2.35. The number of ether oxygens (including phenoxy) is 1. The number of nitrogens with zero attached hydrogens (tertiary/aromatic N) is 2. The molecule has 4 aromatic rings. The number of benzene rings is 4. The topological polar surface area (TPSA) is 49.9 Å². The third-order valence-electron chi connectivity index (χ3n) is 5.62. The molecule has 5 nitrogen and oxygen atoms in total. The van der Waals surface area contributed by atoms with Crippen LogP contribution in [0.2, 0.25) is 0 Å². The zero-order valence-corrected chi connectivity index (χ0v) is 21.9. The van der Waals surface area contributed by atoms with Gasteiger partial charge < -0.3 is 4.74 Å². The summed E-state index contributed by atoms with van der Waals surface area (Å²) in [6.45, 7) is 4.45. The van der Waals surface area contributed by atoms with Crippen LogP contribution in [0.5, 0.6) is 5.75 Å². The lowest BCUT2D eigenvalue weighted by atomic mass is 10.2. The molecule has 0 aliphatic heterocycles. The highest BCUT2D eigenvalue weighted by atomic mass is 32.2. The van der Waals surface area contributed by atoms with Crippen LogP contribution < -0.4 is 14.5 Å². The van der Waals surface area contributed by atoms with Crippen LogP contribution in [0.25, 0.3) is 0 Å². The monoisotopic (exact) mass is 510 g/mol. The number of hydrogen-bond donors (Lipinski definition) is 0. The van der Waals surface area contributed by atoms with Gasteiger partial charge in [0, 0.05) is 28.4 Å². The van der Waals surface area contributed by atoms with Crippen LogP contribution in [0.4, 0.5) is 21.9 Å². The standard InChI is InChI=1S/C31H30N2O3S/c1-3-13-30(34)36-27-19-12-21-29(23-27)37-28-20-11-18-26(22-28)33(25-16-9-6-10-17-25)31(35)32(4-2)24-14-7-5-8-15-24/h5-12,14-23H,3-4,13H2,1-2H3. The predicted molar refractivity (Wildman–Crippen MR) is 151 cm³/mol. The van der Waals surface area contributed by atoms with Crippen molar-refractivity contribution in [3.63, 3.8) is 0 Å². The van der Waals surface area contributed by atoms with E-state index < -0.39 is 0 Å². The summed E-state index contributed by atoms with van der Waals surface area (Å²) in [4.78, 5) is 31.3. The Morgan fingerprint density at radius 1 is 0.703 bits per heavy atom. The average molecular weight is 511 g/mol. The van der Waals surface area contributed by atoms with Crippen molar-refractivity contribution >= 4 is 40.8 Å². The van der Waals surface area contributed by atoms with E-state index in [0.29, 0.717) is 18.7 Å². The van der Waals surface area contributed by atoms with E-state index in [9.17, 15) is 9.59 Å². The summed E-state index contributed by atoms with van der Waals surface area (Å²) >= 11 is 1.55. The molecule has 0 heterocycles. The number of urea groups is 1. The van der Waals surface area contributed by atoms with Gasteiger partial charge in [0.1, 0.15) is 5.75 Å². The van der Waals surface area contributed by atoms with Crippen LogP contribution in [-0.4, -0.2) is 18.5 Å². The van der Waals surface area contributed by atoms with E-state index in [2.05, 4.69) is 0 Å². The maximum absolute atomic E-state index is 13.9. The van der Waals surface area contributed by atoms with Gasteiger partial charge >= 0.3 is 12.0 Å². The SMILES string of the molecule is CCCC(=O)Oc1cccc(Sc2cccc(N(C(=O)N(CC)c3ccccc3)c3ccccc3)c2)c1. The van der Waals surface area contributed by atoms with Crippen LogP contribution >= 0.6 is 11.8 Å². The molecule has 0 saturated carbocycles. The fraction of sp³-hybridized carbons (Fsp3) is 0.161. The van der Waals surface area contributed by atoms with Crippen molar-refractivity contribution in [3.05, 3.63) is 109 Å². The van der Waals surface area contributed by atoms with Gasteiger partial charge in [-0.25, -0.2) is 4.79 Å². The van der Waals surface area contributed by atoms with Crippen molar-refractivity contribution in [3.8, 4) is 5.75 Å². The summed E-state index contributed by atoms with van der Waals surface area (Å²) in [6, 6.07) is 34.6. The molecule has 0 bridgehead atoms. The molecule has 0 saturated heterocycles. The van der Waals surface area contributed by atoms with Crippen LogP contribution in [0.3, 0.4) is 0 Å². The lowest BCUT2D eigenvalue weighted by molar-refractivity contribution is -0.134. The lowest BCUT2D eigenvalue weighted by Gasteiger charge is -2.30. The van der Waals surface area contributed by atoms with Gasteiger partial charge in [-0.05, 0) is 74.0 Å².